The SMILES string of the molecule is c1ccc2cc(-c3ccc4cc(N(c5ccc(-c6nc7ccccc7o6)cc5)c5ccc6cc(-c7nc8ccccc8o7)ccc6c5)ccc4c3)ccc2c1. The highest BCUT2D eigenvalue weighted by atomic mass is 16.4. The molecule has 2 aromatic heterocycles. The fourth-order valence-electron chi connectivity index (χ4n) is 7.62. The zero-order valence-corrected chi connectivity index (χ0v) is 29.6. The van der Waals surface area contributed by atoms with Crippen LogP contribution in [0.2, 0.25) is 0 Å². The Labute approximate surface area is 316 Å². The van der Waals surface area contributed by atoms with E-state index < -0.39 is 0 Å². The lowest BCUT2D eigenvalue weighted by atomic mass is 9.98. The monoisotopic (exact) mass is 705 g/mol. The van der Waals surface area contributed by atoms with Gasteiger partial charge in [-0.2, -0.15) is 0 Å². The summed E-state index contributed by atoms with van der Waals surface area (Å²) in [4.78, 5) is 11.8. The Hall–Kier alpha value is -7.50. The average Bonchev–Trinajstić information content (AvgIpc) is 3.89. The summed E-state index contributed by atoms with van der Waals surface area (Å²) >= 11 is 0. The largest absolute Gasteiger partial charge is 0.436 e. The van der Waals surface area contributed by atoms with E-state index in [4.69, 9.17) is 18.8 Å². The molecule has 9 aromatic carbocycles. The molecule has 0 saturated heterocycles. The van der Waals surface area contributed by atoms with Gasteiger partial charge in [0.15, 0.2) is 11.2 Å². The number of oxazole rings is 2. The van der Waals surface area contributed by atoms with Gasteiger partial charge < -0.3 is 13.7 Å². The zero-order valence-electron chi connectivity index (χ0n) is 29.6. The molecule has 0 fully saturated rings. The number of nitrogens with zero attached hydrogens (tertiary/aromatic N) is 3. The van der Waals surface area contributed by atoms with Gasteiger partial charge in [0.25, 0.3) is 0 Å². The van der Waals surface area contributed by atoms with Gasteiger partial charge in [0, 0.05) is 28.2 Å². The third-order valence-corrected chi connectivity index (χ3v) is 10.5. The highest BCUT2D eigenvalue weighted by Gasteiger charge is 2.17. The molecule has 0 aliphatic carbocycles. The normalized spacial score (nSPS) is 11.6. The quantitative estimate of drug-likeness (QED) is 0.172. The molecule has 5 nitrogen and oxygen atoms in total. The van der Waals surface area contributed by atoms with Crippen molar-refractivity contribution in [3.05, 3.63) is 188 Å². The molecule has 11 aromatic rings. The molecule has 0 amide bonds. The summed E-state index contributed by atoms with van der Waals surface area (Å²) in [6, 6.07) is 65.8. The average molecular weight is 706 g/mol. The molecule has 0 unspecified atom stereocenters. The van der Waals surface area contributed by atoms with Crippen LogP contribution >= 0.6 is 0 Å². The first-order valence-corrected chi connectivity index (χ1v) is 18.4. The lowest BCUT2D eigenvalue weighted by Gasteiger charge is -2.26. The van der Waals surface area contributed by atoms with E-state index in [1.54, 1.807) is 0 Å². The van der Waals surface area contributed by atoms with Crippen LogP contribution in [0.1, 0.15) is 0 Å². The molecule has 0 aliphatic heterocycles. The lowest BCUT2D eigenvalue weighted by Crippen LogP contribution is -2.10. The molecule has 2 heterocycles. The Balaban J connectivity index is 0.991. The van der Waals surface area contributed by atoms with Gasteiger partial charge >= 0.3 is 0 Å². The summed E-state index contributed by atoms with van der Waals surface area (Å²) in [6.45, 7) is 0. The molecule has 0 atom stereocenters. The Morgan fingerprint density at radius 2 is 0.709 bits per heavy atom. The van der Waals surface area contributed by atoms with E-state index in [0.29, 0.717) is 11.8 Å². The van der Waals surface area contributed by atoms with Crippen LogP contribution in [0.5, 0.6) is 0 Å². The molecular weight excluding hydrogens is 675 g/mol. The first kappa shape index (κ1) is 31.1. The smallest absolute Gasteiger partial charge is 0.227 e. The molecule has 0 saturated carbocycles. The molecule has 0 N–H and O–H groups in total. The van der Waals surface area contributed by atoms with Gasteiger partial charge in [-0.3, -0.25) is 0 Å². The molecule has 258 valence electrons. The third-order valence-electron chi connectivity index (χ3n) is 10.5. The van der Waals surface area contributed by atoms with Gasteiger partial charge in [-0.25, -0.2) is 9.97 Å². The fourth-order valence-corrected chi connectivity index (χ4v) is 7.62. The molecule has 5 heteroatoms. The second kappa shape index (κ2) is 12.6. The minimum absolute atomic E-state index is 0.604. The van der Waals surface area contributed by atoms with E-state index in [9.17, 15) is 0 Å². The van der Waals surface area contributed by atoms with E-state index in [2.05, 4.69) is 144 Å². The van der Waals surface area contributed by atoms with Crippen LogP contribution in [0.3, 0.4) is 0 Å². The minimum atomic E-state index is 0.604. The molecule has 0 aliphatic rings. The second-order valence-electron chi connectivity index (χ2n) is 13.9. The highest BCUT2D eigenvalue weighted by Crippen LogP contribution is 2.40. The standard InChI is InChI=1S/C50H31N3O2/c1-2-8-34-27-35(14-13-32(34)7-1)36-15-16-39-30-43(25-21-37(39)28-36)53(42-23-19-33(20-24-42)49-51-45-9-3-5-11-47(45)54-49)44-26-22-38-29-41(18-17-40(38)31-44)50-52-46-10-4-6-12-48(46)55-50/h1-31H. The van der Waals surface area contributed by atoms with E-state index >= 15 is 0 Å². The van der Waals surface area contributed by atoms with Crippen LogP contribution < -0.4 is 4.90 Å². The Bertz CT molecular complexity index is 3160. The van der Waals surface area contributed by atoms with Gasteiger partial charge in [-0.15, -0.1) is 0 Å². The van der Waals surface area contributed by atoms with Crippen LogP contribution in [0, 0.1) is 0 Å². The maximum absolute atomic E-state index is 6.11. The van der Waals surface area contributed by atoms with Crippen LogP contribution in [-0.4, -0.2) is 9.97 Å². The molecule has 0 radical (unpaired) electrons. The van der Waals surface area contributed by atoms with Gasteiger partial charge in [0.05, 0.1) is 0 Å². The van der Waals surface area contributed by atoms with Crippen LogP contribution in [-0.2, 0) is 0 Å². The first-order chi connectivity index (χ1) is 27.2. The number of para-hydroxylation sites is 4. The number of benzene rings is 9. The van der Waals surface area contributed by atoms with Crippen molar-refractivity contribution in [1.82, 2.24) is 9.97 Å². The maximum atomic E-state index is 6.11. The predicted molar refractivity (Wildman–Crippen MR) is 225 cm³/mol. The third kappa shape index (κ3) is 5.58. The minimum Gasteiger partial charge on any atom is -0.436 e. The van der Waals surface area contributed by atoms with E-state index in [1.807, 2.05) is 48.5 Å². The topological polar surface area (TPSA) is 55.3 Å². The fraction of sp³-hybridized carbons (Fsp3) is 0. The van der Waals surface area contributed by atoms with Crippen LogP contribution in [0.4, 0.5) is 17.1 Å². The lowest BCUT2D eigenvalue weighted by molar-refractivity contribution is 0.619. The van der Waals surface area contributed by atoms with Crippen molar-refractivity contribution in [2.75, 3.05) is 4.90 Å². The molecule has 55 heavy (non-hydrogen) atoms. The van der Waals surface area contributed by atoms with Gasteiger partial charge in [-0.05, 0) is 141 Å². The Morgan fingerprint density at radius 1 is 0.309 bits per heavy atom. The zero-order chi connectivity index (χ0) is 36.3. The van der Waals surface area contributed by atoms with E-state index in [-0.39, 0.29) is 0 Å². The van der Waals surface area contributed by atoms with Crippen molar-refractivity contribution >= 4 is 71.6 Å². The number of hydrogen-bond acceptors (Lipinski definition) is 5. The van der Waals surface area contributed by atoms with Crippen molar-refractivity contribution in [3.63, 3.8) is 0 Å². The number of hydrogen-bond donors (Lipinski definition) is 0. The van der Waals surface area contributed by atoms with Crippen LogP contribution in [0.15, 0.2) is 197 Å². The molecule has 0 bridgehead atoms. The molecule has 0 spiro atoms. The van der Waals surface area contributed by atoms with Crippen LogP contribution in [0.25, 0.3) is 88.6 Å². The van der Waals surface area contributed by atoms with E-state index in [1.165, 1.54) is 32.7 Å². The second-order valence-corrected chi connectivity index (χ2v) is 13.9. The number of fused-ring (bicyclic) bond motifs is 5. The number of anilines is 3. The van der Waals surface area contributed by atoms with Crippen molar-refractivity contribution in [3.8, 4) is 34.0 Å². The summed E-state index contributed by atoms with van der Waals surface area (Å²) in [5, 5.41) is 7.06. The summed E-state index contributed by atoms with van der Waals surface area (Å²) < 4.78 is 12.2. The summed E-state index contributed by atoms with van der Waals surface area (Å²) in [7, 11) is 0. The maximum Gasteiger partial charge on any atom is 0.227 e. The van der Waals surface area contributed by atoms with Gasteiger partial charge in [0.1, 0.15) is 11.0 Å². The summed E-state index contributed by atoms with van der Waals surface area (Å²) in [5.74, 6) is 1.22. The van der Waals surface area contributed by atoms with Crippen molar-refractivity contribution in [2.24, 2.45) is 0 Å². The number of rotatable bonds is 6. The number of aromatic nitrogens is 2. The molecule has 11 rings (SSSR count). The Morgan fingerprint density at radius 3 is 1.31 bits per heavy atom. The Kier molecular flexibility index (Phi) is 7.10. The molecular formula is C50H31N3O2. The highest BCUT2D eigenvalue weighted by molar-refractivity contribution is 5.96. The van der Waals surface area contributed by atoms with Crippen molar-refractivity contribution < 1.29 is 8.83 Å². The van der Waals surface area contributed by atoms with E-state index in [0.717, 1.165) is 61.2 Å². The van der Waals surface area contributed by atoms with Crippen molar-refractivity contribution in [2.45, 2.75) is 0 Å². The predicted octanol–water partition coefficient (Wildman–Crippen LogP) is 13.9. The summed E-state index contributed by atoms with van der Waals surface area (Å²) in [5.41, 5.74) is 10.7. The van der Waals surface area contributed by atoms with Crippen molar-refractivity contribution in [1.29, 1.82) is 0 Å². The van der Waals surface area contributed by atoms with Gasteiger partial charge in [-0.1, -0.05) is 91.0 Å². The summed E-state index contributed by atoms with van der Waals surface area (Å²) in [6.07, 6.45) is 0. The first-order valence-electron chi connectivity index (χ1n) is 18.4. The van der Waals surface area contributed by atoms with Gasteiger partial charge in [0.2, 0.25) is 11.8 Å².